The van der Waals surface area contributed by atoms with Crippen molar-refractivity contribution in [1.82, 2.24) is 25.5 Å². The van der Waals surface area contributed by atoms with Crippen LogP contribution in [0, 0.1) is 0 Å². The Morgan fingerprint density at radius 2 is 1.87 bits per heavy atom. The number of nitrogens with one attached hydrogen (secondary N) is 1. The second kappa shape index (κ2) is 22.9. The minimum Gasteiger partial charge on any atom is -0.424 e. The number of halogens is 1. The Morgan fingerprint density at radius 1 is 1.13 bits per heavy atom. The van der Waals surface area contributed by atoms with Gasteiger partial charge in [-0.3, -0.25) is 9.97 Å². The Hall–Kier alpha value is -3.31. The van der Waals surface area contributed by atoms with Gasteiger partial charge in [-0.1, -0.05) is 45.6 Å². The smallest absolute Gasteiger partial charge is 0.230 e. The summed E-state index contributed by atoms with van der Waals surface area (Å²) in [5.41, 5.74) is 2.52. The maximum absolute atomic E-state index is 12.4. The van der Waals surface area contributed by atoms with Gasteiger partial charge in [0.2, 0.25) is 11.8 Å². The number of unbranched alkanes of at least 4 members (excludes halogenated alkanes) is 1. The summed E-state index contributed by atoms with van der Waals surface area (Å²) in [4.78, 5) is 8.87. The first-order valence-electron chi connectivity index (χ1n) is 12.7. The molecule has 2 rings (SSSR count). The van der Waals surface area contributed by atoms with Crippen molar-refractivity contribution >= 4 is 5.57 Å². The molecule has 0 aliphatic rings. The zero-order chi connectivity index (χ0) is 28.6. The number of hydrogen-bond donors (Lipinski definition) is 4. The van der Waals surface area contributed by atoms with E-state index >= 15 is 0 Å². The number of aliphatic hydroxyl groups excluding tert-OH is 2. The fourth-order valence-corrected chi connectivity index (χ4v) is 2.88. The van der Waals surface area contributed by atoms with Gasteiger partial charge in [-0.25, -0.2) is 4.39 Å². The highest BCUT2D eigenvalue weighted by Gasteiger charge is 2.07. The molecule has 38 heavy (non-hydrogen) atoms. The molecule has 0 spiro atoms. The number of aliphatic hydroxyl groups is 3. The summed E-state index contributed by atoms with van der Waals surface area (Å²) >= 11 is 0. The highest BCUT2D eigenvalue weighted by atomic mass is 19.1. The molecule has 2 aromatic rings. The van der Waals surface area contributed by atoms with Crippen LogP contribution in [0.2, 0.25) is 0 Å². The van der Waals surface area contributed by atoms with Gasteiger partial charge in [-0.05, 0) is 56.5 Å². The summed E-state index contributed by atoms with van der Waals surface area (Å²) in [6.45, 7) is 10.3. The van der Waals surface area contributed by atoms with Crippen LogP contribution in [0.5, 0.6) is 0 Å². The highest BCUT2D eigenvalue weighted by Crippen LogP contribution is 2.18. The van der Waals surface area contributed by atoms with Gasteiger partial charge in [0.15, 0.2) is 6.29 Å². The van der Waals surface area contributed by atoms with Crippen molar-refractivity contribution in [2.45, 2.75) is 72.3 Å². The van der Waals surface area contributed by atoms with E-state index in [0.717, 1.165) is 6.42 Å². The summed E-state index contributed by atoms with van der Waals surface area (Å²) in [5.74, 6) is 1.35. The van der Waals surface area contributed by atoms with Crippen LogP contribution in [-0.4, -0.2) is 48.8 Å². The van der Waals surface area contributed by atoms with Gasteiger partial charge in [0.05, 0.1) is 30.9 Å². The second-order valence-corrected chi connectivity index (χ2v) is 7.45. The van der Waals surface area contributed by atoms with E-state index in [-0.39, 0.29) is 13.0 Å². The lowest BCUT2D eigenvalue weighted by molar-refractivity contribution is -0.0465. The molecule has 0 aromatic carbocycles. The molecule has 0 unspecified atom stereocenters. The molecule has 0 aliphatic heterocycles. The molecule has 9 nitrogen and oxygen atoms in total. The Bertz CT molecular complexity index is 1020. The first-order valence-corrected chi connectivity index (χ1v) is 12.7. The average Bonchev–Trinajstić information content (AvgIpc) is 3.40. The first-order chi connectivity index (χ1) is 18.5. The Labute approximate surface area is 225 Å². The van der Waals surface area contributed by atoms with Crippen LogP contribution in [0.4, 0.5) is 4.39 Å². The van der Waals surface area contributed by atoms with Crippen molar-refractivity contribution in [1.29, 1.82) is 0 Å². The number of allylic oxidation sites excluding steroid dienone is 4. The van der Waals surface area contributed by atoms with Crippen molar-refractivity contribution in [3.63, 3.8) is 0 Å². The van der Waals surface area contributed by atoms with E-state index in [1.54, 1.807) is 42.7 Å². The molecule has 0 fully saturated rings. The standard InChI is InChI=1S/C20H25FN2O3.C6H11N3O.C2H6/c1-2-17(8-5-12-21)20-18(9-3-4-10-19(25)26)22-14-11-16(15-24)7-6-13-23-20;1-3-5-8-9-6(10-5)4-7-2;1-2/h2,5-8,11-14,19,24-26H,1,3-4,9-10,15H2;7H,3-4H2,1-2H3;1-2H3/b7-6?,12-5+,13-6?,14-11?,16-7?,16-11?,17-8+,20-18?,22-14?,22-18?,23-13?,23-20?;;. The van der Waals surface area contributed by atoms with Gasteiger partial charge in [-0.15, -0.1) is 10.2 Å². The van der Waals surface area contributed by atoms with Crippen LogP contribution in [0.25, 0.3) is 5.57 Å². The summed E-state index contributed by atoms with van der Waals surface area (Å²) in [7, 11) is 1.84. The molecule has 210 valence electrons. The molecule has 2 heterocycles. The van der Waals surface area contributed by atoms with Crippen LogP contribution in [0.15, 0.2) is 66.1 Å². The minimum atomic E-state index is -1.33. The van der Waals surface area contributed by atoms with Gasteiger partial charge >= 0.3 is 0 Å². The topological polar surface area (TPSA) is 137 Å². The van der Waals surface area contributed by atoms with Crippen molar-refractivity contribution < 1.29 is 24.1 Å². The summed E-state index contributed by atoms with van der Waals surface area (Å²) in [5, 5.41) is 37.7. The van der Waals surface area contributed by atoms with Crippen LogP contribution in [-0.2, 0) is 26.0 Å². The molecule has 2 aromatic heterocycles. The predicted molar refractivity (Wildman–Crippen MR) is 148 cm³/mol. The van der Waals surface area contributed by atoms with Crippen LogP contribution in [0.3, 0.4) is 0 Å². The zero-order valence-electron chi connectivity index (χ0n) is 22.8. The lowest BCUT2D eigenvalue weighted by Gasteiger charge is -2.07. The van der Waals surface area contributed by atoms with Crippen molar-refractivity contribution in [3.8, 4) is 0 Å². The summed E-state index contributed by atoms with van der Waals surface area (Å²) < 4.78 is 17.6. The third-order valence-corrected chi connectivity index (χ3v) is 4.68. The Balaban J connectivity index is 0.000000944. The molecule has 0 aliphatic carbocycles. The molecule has 4 N–H and O–H groups in total. The van der Waals surface area contributed by atoms with Crippen LogP contribution >= 0.6 is 0 Å². The van der Waals surface area contributed by atoms with Crippen LogP contribution < -0.4 is 5.32 Å². The summed E-state index contributed by atoms with van der Waals surface area (Å²) in [6, 6.07) is 5.12. The molecule has 0 radical (unpaired) electrons. The Morgan fingerprint density at radius 3 is 2.45 bits per heavy atom. The quantitative estimate of drug-likeness (QED) is 0.177. The van der Waals surface area contributed by atoms with Gasteiger partial charge in [-0.2, -0.15) is 0 Å². The number of rotatable bonds is 12. The number of hydrogen-bond acceptors (Lipinski definition) is 9. The molecule has 0 amide bonds. The van der Waals surface area contributed by atoms with E-state index in [4.69, 9.17) is 14.6 Å². The normalized spacial score (nSPS) is 10.8. The highest BCUT2D eigenvalue weighted by molar-refractivity contribution is 5.73. The second-order valence-electron chi connectivity index (χ2n) is 7.45. The number of aromatic nitrogens is 4. The average molecular weight is 532 g/mol. The van der Waals surface area contributed by atoms with E-state index in [0.29, 0.717) is 66.4 Å². The van der Waals surface area contributed by atoms with E-state index in [9.17, 15) is 9.50 Å². The van der Waals surface area contributed by atoms with Crippen molar-refractivity contribution in [2.24, 2.45) is 0 Å². The molecule has 0 saturated heterocycles. The van der Waals surface area contributed by atoms with E-state index < -0.39 is 6.29 Å². The van der Waals surface area contributed by atoms with E-state index in [1.807, 2.05) is 27.8 Å². The minimum absolute atomic E-state index is 0.115. The summed E-state index contributed by atoms with van der Waals surface area (Å²) in [6.07, 6.45) is 9.56. The van der Waals surface area contributed by atoms with Gasteiger partial charge in [0.1, 0.15) is 0 Å². The molecule has 0 atom stereocenters. The molecule has 0 bridgehead atoms. The fraction of sp³-hybridized carbons (Fsp3) is 0.429. The van der Waals surface area contributed by atoms with E-state index in [2.05, 4.69) is 32.1 Å². The molecular formula is C28H42FN5O4. The maximum Gasteiger partial charge on any atom is 0.230 e. The van der Waals surface area contributed by atoms with Crippen LogP contribution in [0.1, 0.15) is 68.8 Å². The number of aryl methyl sites for hydroxylation is 2. The third kappa shape index (κ3) is 15.1. The van der Waals surface area contributed by atoms with Crippen molar-refractivity contribution in [3.05, 3.63) is 90.5 Å². The zero-order valence-corrected chi connectivity index (χ0v) is 22.8. The van der Waals surface area contributed by atoms with Gasteiger partial charge in [0.25, 0.3) is 0 Å². The maximum atomic E-state index is 12.4. The fourth-order valence-electron chi connectivity index (χ4n) is 2.88. The predicted octanol–water partition coefficient (Wildman–Crippen LogP) is 4.55. The largest absolute Gasteiger partial charge is 0.424 e. The van der Waals surface area contributed by atoms with Gasteiger partial charge < -0.3 is 25.1 Å². The van der Waals surface area contributed by atoms with E-state index in [1.165, 1.54) is 6.08 Å². The molecule has 10 heteroatoms. The Kier molecular flexibility index (Phi) is 20.9. The first kappa shape index (κ1) is 34.7. The number of nitrogens with zero attached hydrogens (tertiary/aromatic N) is 4. The SMILES string of the molecule is C=C/C(=C\C=C\F)c1ncccc(CO)ccnc1CCCCC(O)O.CC.CCc1nnc(CNC)o1. The van der Waals surface area contributed by atoms with Crippen molar-refractivity contribution in [2.75, 3.05) is 7.05 Å². The third-order valence-electron chi connectivity index (χ3n) is 4.68. The lowest BCUT2D eigenvalue weighted by Crippen LogP contribution is -2.04. The lowest BCUT2D eigenvalue weighted by atomic mass is 10.0. The molecule has 0 saturated carbocycles. The molecular weight excluding hydrogens is 489 g/mol. The van der Waals surface area contributed by atoms with Gasteiger partial charge in [0, 0.05) is 24.4 Å². The monoisotopic (exact) mass is 531 g/mol.